The molecule has 0 bridgehead atoms. The SMILES string of the molecule is CCCCC[N+](CC)(CC)CC.FC(F)F. The fourth-order valence-electron chi connectivity index (χ4n) is 1.84. The standard InChI is InChI=1S/C11H26N.CHF3/c1-5-9-10-11-12(6-2,7-3)8-4;2-1(3)4/h5-11H2,1-4H3;1H/q+1;. The molecule has 100 valence electrons. The maximum absolute atomic E-state index is 9.67. The van der Waals surface area contributed by atoms with E-state index in [9.17, 15) is 13.2 Å². The van der Waals surface area contributed by atoms with Gasteiger partial charge in [-0.2, -0.15) is 13.2 Å². The summed E-state index contributed by atoms with van der Waals surface area (Å²) in [5.74, 6) is 0. The van der Waals surface area contributed by atoms with Gasteiger partial charge >= 0.3 is 6.68 Å². The Hall–Kier alpha value is -0.250. The van der Waals surface area contributed by atoms with Crippen LogP contribution in [0.25, 0.3) is 0 Å². The summed E-state index contributed by atoms with van der Waals surface area (Å²) in [6.07, 6.45) is 4.16. The Bertz CT molecular complexity index is 125. The summed E-state index contributed by atoms with van der Waals surface area (Å²) in [6, 6.07) is 0. The fraction of sp³-hybridized carbons (Fsp3) is 1.00. The number of hydrogen-bond acceptors (Lipinski definition) is 0. The second-order valence-electron chi connectivity index (χ2n) is 3.97. The number of quaternary nitrogens is 1. The number of halogens is 3. The van der Waals surface area contributed by atoms with Gasteiger partial charge in [0.1, 0.15) is 0 Å². The van der Waals surface area contributed by atoms with Gasteiger partial charge in [-0.1, -0.05) is 13.3 Å². The topological polar surface area (TPSA) is 0 Å². The first-order chi connectivity index (χ1) is 7.47. The van der Waals surface area contributed by atoms with Crippen LogP contribution in [0.5, 0.6) is 0 Å². The quantitative estimate of drug-likeness (QED) is 0.463. The van der Waals surface area contributed by atoms with Crippen molar-refractivity contribution in [1.82, 2.24) is 0 Å². The zero-order chi connectivity index (χ0) is 13.0. The fourth-order valence-corrected chi connectivity index (χ4v) is 1.84. The third-order valence-electron chi connectivity index (χ3n) is 3.25. The molecule has 0 aliphatic heterocycles. The smallest absolute Gasteiger partial charge is 0.324 e. The molecule has 4 heteroatoms. The molecular formula is C12H27F3N+. The summed E-state index contributed by atoms with van der Waals surface area (Å²) < 4.78 is 30.3. The first kappa shape index (κ1) is 18.1. The van der Waals surface area contributed by atoms with E-state index in [-0.39, 0.29) is 0 Å². The normalized spacial score (nSPS) is 11.2. The molecule has 0 unspecified atom stereocenters. The monoisotopic (exact) mass is 242 g/mol. The van der Waals surface area contributed by atoms with Crippen molar-refractivity contribution in [3.8, 4) is 0 Å². The van der Waals surface area contributed by atoms with Gasteiger partial charge in [0.15, 0.2) is 0 Å². The molecule has 0 atom stereocenters. The lowest BCUT2D eigenvalue weighted by atomic mass is 10.2. The molecule has 0 fully saturated rings. The average molecular weight is 242 g/mol. The summed E-state index contributed by atoms with van der Waals surface area (Å²) in [6.45, 7) is 10.9. The van der Waals surface area contributed by atoms with Crippen molar-refractivity contribution in [2.24, 2.45) is 0 Å². The van der Waals surface area contributed by atoms with E-state index in [0.29, 0.717) is 0 Å². The molecule has 0 spiro atoms. The zero-order valence-electron chi connectivity index (χ0n) is 11.1. The first-order valence-corrected chi connectivity index (χ1v) is 6.25. The van der Waals surface area contributed by atoms with Gasteiger partial charge in [-0.15, -0.1) is 0 Å². The largest absolute Gasteiger partial charge is 0.379 e. The lowest BCUT2D eigenvalue weighted by Crippen LogP contribution is -2.48. The molecule has 0 amide bonds. The van der Waals surface area contributed by atoms with Crippen molar-refractivity contribution < 1.29 is 17.7 Å². The van der Waals surface area contributed by atoms with Crippen LogP contribution in [0.3, 0.4) is 0 Å². The Morgan fingerprint density at radius 2 is 1.19 bits per heavy atom. The third-order valence-corrected chi connectivity index (χ3v) is 3.25. The van der Waals surface area contributed by atoms with E-state index in [1.807, 2.05) is 0 Å². The highest BCUT2D eigenvalue weighted by molar-refractivity contribution is 4.41. The Labute approximate surface area is 98.2 Å². The zero-order valence-corrected chi connectivity index (χ0v) is 11.1. The molecule has 0 aromatic heterocycles. The van der Waals surface area contributed by atoms with Crippen LogP contribution in [0.2, 0.25) is 0 Å². The molecule has 0 aromatic rings. The molecular weight excluding hydrogens is 215 g/mol. The molecule has 0 N–H and O–H groups in total. The second kappa shape index (κ2) is 11.2. The Kier molecular flexibility index (Phi) is 12.7. The predicted octanol–water partition coefficient (Wildman–Crippen LogP) is 4.23. The summed E-state index contributed by atoms with van der Waals surface area (Å²) in [4.78, 5) is 0. The van der Waals surface area contributed by atoms with Crippen LogP contribution in [0.15, 0.2) is 0 Å². The molecule has 0 rings (SSSR count). The number of hydrogen-bond donors (Lipinski definition) is 0. The van der Waals surface area contributed by atoms with E-state index < -0.39 is 6.68 Å². The number of rotatable bonds is 7. The van der Waals surface area contributed by atoms with Gasteiger partial charge in [0, 0.05) is 0 Å². The Balaban J connectivity index is 0. The van der Waals surface area contributed by atoms with Crippen LogP contribution in [-0.2, 0) is 0 Å². The van der Waals surface area contributed by atoms with Gasteiger partial charge < -0.3 is 4.48 Å². The molecule has 0 radical (unpaired) electrons. The van der Waals surface area contributed by atoms with Gasteiger partial charge in [0.05, 0.1) is 26.2 Å². The molecule has 0 heterocycles. The summed E-state index contributed by atoms with van der Waals surface area (Å²) in [7, 11) is 0. The predicted molar refractivity (Wildman–Crippen MR) is 63.4 cm³/mol. The van der Waals surface area contributed by atoms with Crippen molar-refractivity contribution in [1.29, 1.82) is 0 Å². The minimum atomic E-state index is -3.67. The van der Waals surface area contributed by atoms with Crippen LogP contribution in [0, 0.1) is 0 Å². The summed E-state index contributed by atoms with van der Waals surface area (Å²) in [5, 5.41) is 0. The van der Waals surface area contributed by atoms with Crippen LogP contribution >= 0.6 is 0 Å². The highest BCUT2D eigenvalue weighted by atomic mass is 19.4. The van der Waals surface area contributed by atoms with Gasteiger partial charge in [-0.3, -0.25) is 0 Å². The van der Waals surface area contributed by atoms with Gasteiger partial charge in [-0.25, -0.2) is 0 Å². The van der Waals surface area contributed by atoms with E-state index in [1.165, 1.54) is 49.9 Å². The summed E-state index contributed by atoms with van der Waals surface area (Å²) in [5.41, 5.74) is 0. The molecule has 0 aromatic carbocycles. The third kappa shape index (κ3) is 10.3. The molecule has 0 aliphatic carbocycles. The van der Waals surface area contributed by atoms with Crippen molar-refractivity contribution in [2.45, 2.75) is 53.6 Å². The Morgan fingerprint density at radius 3 is 1.44 bits per heavy atom. The van der Waals surface area contributed by atoms with Gasteiger partial charge in [-0.05, 0) is 33.6 Å². The number of nitrogens with zero attached hydrogens (tertiary/aromatic N) is 1. The van der Waals surface area contributed by atoms with Crippen LogP contribution in [0.4, 0.5) is 13.2 Å². The maximum atomic E-state index is 9.67. The van der Waals surface area contributed by atoms with Gasteiger partial charge in [0.2, 0.25) is 0 Å². The van der Waals surface area contributed by atoms with Crippen molar-refractivity contribution in [3.05, 3.63) is 0 Å². The second-order valence-corrected chi connectivity index (χ2v) is 3.97. The maximum Gasteiger partial charge on any atom is 0.379 e. The molecule has 16 heavy (non-hydrogen) atoms. The molecule has 1 nitrogen and oxygen atoms in total. The van der Waals surface area contributed by atoms with Crippen molar-refractivity contribution in [2.75, 3.05) is 26.2 Å². The Morgan fingerprint density at radius 1 is 0.812 bits per heavy atom. The van der Waals surface area contributed by atoms with Gasteiger partial charge in [0.25, 0.3) is 0 Å². The average Bonchev–Trinajstić information content (AvgIpc) is 2.25. The van der Waals surface area contributed by atoms with Crippen LogP contribution in [0.1, 0.15) is 47.0 Å². The van der Waals surface area contributed by atoms with E-state index in [4.69, 9.17) is 0 Å². The summed E-state index contributed by atoms with van der Waals surface area (Å²) >= 11 is 0. The van der Waals surface area contributed by atoms with Crippen LogP contribution in [-0.4, -0.2) is 37.3 Å². The van der Waals surface area contributed by atoms with E-state index in [2.05, 4.69) is 27.7 Å². The van der Waals surface area contributed by atoms with Crippen molar-refractivity contribution >= 4 is 0 Å². The highest BCUT2D eigenvalue weighted by Gasteiger charge is 2.18. The molecule has 0 saturated carbocycles. The van der Waals surface area contributed by atoms with E-state index >= 15 is 0 Å². The molecule has 0 saturated heterocycles. The minimum Gasteiger partial charge on any atom is -0.324 e. The lowest BCUT2D eigenvalue weighted by molar-refractivity contribution is -0.923. The first-order valence-electron chi connectivity index (χ1n) is 6.25. The van der Waals surface area contributed by atoms with E-state index in [1.54, 1.807) is 0 Å². The molecule has 0 aliphatic rings. The number of unbranched alkanes of at least 4 members (excludes halogenated alkanes) is 2. The van der Waals surface area contributed by atoms with Crippen molar-refractivity contribution in [3.63, 3.8) is 0 Å². The number of alkyl halides is 3. The lowest BCUT2D eigenvalue weighted by Gasteiger charge is -2.35. The minimum absolute atomic E-state index is 1.30. The van der Waals surface area contributed by atoms with Crippen LogP contribution < -0.4 is 0 Å². The highest BCUT2D eigenvalue weighted by Crippen LogP contribution is 2.09. The van der Waals surface area contributed by atoms with E-state index in [0.717, 1.165) is 0 Å².